The third-order valence-electron chi connectivity index (χ3n) is 13.6. The van der Waals surface area contributed by atoms with Crippen molar-refractivity contribution in [3.63, 3.8) is 0 Å². The normalized spacial score (nSPS) is 22.0. The number of amides is 4. The van der Waals surface area contributed by atoms with Gasteiger partial charge < -0.3 is 39.4 Å². The van der Waals surface area contributed by atoms with E-state index in [0.717, 1.165) is 75.6 Å². The molecule has 4 fully saturated rings. The van der Waals surface area contributed by atoms with E-state index < -0.39 is 11.9 Å². The monoisotopic (exact) mass is 911 g/mol. The number of likely N-dealkylation sites (tertiary alicyclic amines) is 1. The number of anilines is 3. The molecule has 0 bridgehead atoms. The molecule has 4 aromatic rings. The zero-order valence-electron chi connectivity index (χ0n) is 36.9. The van der Waals surface area contributed by atoms with Gasteiger partial charge in [0.1, 0.15) is 16.9 Å². The number of fused-ring (bicyclic) bond motifs is 2. The molecule has 9 rings (SSSR count). The summed E-state index contributed by atoms with van der Waals surface area (Å²) < 4.78 is 29.9. The maximum atomic E-state index is 16.0. The largest absolute Gasteiger partial charge is 0.478 e. The van der Waals surface area contributed by atoms with Crippen molar-refractivity contribution in [2.24, 2.45) is 5.92 Å². The lowest BCUT2D eigenvalue weighted by molar-refractivity contribution is -0.137. The zero-order chi connectivity index (χ0) is 45.5. The predicted octanol–water partition coefficient (Wildman–Crippen LogP) is 5.27. The van der Waals surface area contributed by atoms with E-state index >= 15 is 4.39 Å². The van der Waals surface area contributed by atoms with Crippen LogP contribution in [0.4, 0.5) is 21.8 Å². The molecule has 2 aromatic carbocycles. The molecule has 6 heterocycles. The first-order valence-corrected chi connectivity index (χ1v) is 23.1. The Kier molecular flexibility index (Phi) is 12.8. The average molecular weight is 912 g/mol. The third kappa shape index (κ3) is 9.27. The standard InChI is InChI=1S/C47H55ClFN9O7/c1-26(2)23-57-37-7-4-29(18-28(37)19-39(46(57)63)64-25-41(60)50-3)52-43-36(48)22-51-47(54-43)56-16-12-31(13-17-56)65-32-20-30(21-32)55-14-10-27(11-15-55)33-5-6-34-35(42(33)49)24-58(45(34)62)38-8-9-40(59)53-44(38)61/h4-7,18-19,22,26-27,30-32,38H,8-17,20-21,23-25H2,1-3H3,(H,50,60)(H,51,52,54)(H,53,59,61)/t30-,32-,38?. The van der Waals surface area contributed by atoms with Crippen LogP contribution in [0.15, 0.2) is 47.4 Å². The molecule has 1 atom stereocenters. The number of piperidine rings is 3. The van der Waals surface area contributed by atoms with Crippen LogP contribution < -0.4 is 31.1 Å². The maximum absolute atomic E-state index is 16.0. The number of likely N-dealkylation sites (N-methyl/N-ethyl adjacent to an activating group) is 1. The Morgan fingerprint density at radius 3 is 2.48 bits per heavy atom. The zero-order valence-corrected chi connectivity index (χ0v) is 37.7. The summed E-state index contributed by atoms with van der Waals surface area (Å²) in [5.74, 6) is -0.512. The molecule has 0 radical (unpaired) electrons. The number of halogens is 2. The molecular formula is C47H55ClFN9O7. The van der Waals surface area contributed by atoms with Crippen molar-refractivity contribution < 1.29 is 33.0 Å². The van der Waals surface area contributed by atoms with Gasteiger partial charge in [0.2, 0.25) is 17.8 Å². The van der Waals surface area contributed by atoms with Gasteiger partial charge in [-0.1, -0.05) is 31.5 Å². The van der Waals surface area contributed by atoms with Crippen LogP contribution in [0.3, 0.4) is 0 Å². The fourth-order valence-corrected chi connectivity index (χ4v) is 10.1. The lowest BCUT2D eigenvalue weighted by Gasteiger charge is -2.47. The van der Waals surface area contributed by atoms with E-state index in [1.54, 1.807) is 29.0 Å². The summed E-state index contributed by atoms with van der Waals surface area (Å²) in [5.41, 5.74) is 2.45. The summed E-state index contributed by atoms with van der Waals surface area (Å²) in [6.07, 6.45) is 7.64. The van der Waals surface area contributed by atoms with Crippen molar-refractivity contribution in [3.8, 4) is 5.75 Å². The Balaban J connectivity index is 0.748. The van der Waals surface area contributed by atoms with Gasteiger partial charge in [-0.2, -0.15) is 4.98 Å². The quantitative estimate of drug-likeness (QED) is 0.148. The molecule has 3 N–H and O–H groups in total. The fourth-order valence-electron chi connectivity index (χ4n) is 9.96. The Hall–Kier alpha value is -5.65. The van der Waals surface area contributed by atoms with Crippen molar-refractivity contribution in [1.29, 1.82) is 0 Å². The second kappa shape index (κ2) is 18.7. The SMILES string of the molecule is CNC(=O)COc1cc2cc(Nc3nc(N4CCC(O[C@H]5C[C@H](N6CCC(c7ccc8c(c7F)CN(C7CCC(=O)NC7=O)C8=O)CC6)C5)CC4)ncc3Cl)ccc2n(CC(C)C)c1=O. The van der Waals surface area contributed by atoms with Crippen LogP contribution in [0.25, 0.3) is 10.9 Å². The highest BCUT2D eigenvalue weighted by atomic mass is 35.5. The number of imide groups is 1. The molecule has 1 saturated carbocycles. The molecule has 2 aromatic heterocycles. The number of carbonyl (C=O) groups excluding carboxylic acids is 4. The Labute approximate surface area is 381 Å². The number of ether oxygens (including phenoxy) is 2. The molecule has 344 valence electrons. The second-order valence-electron chi connectivity index (χ2n) is 18.3. The summed E-state index contributed by atoms with van der Waals surface area (Å²) in [4.78, 5) is 77.9. The smallest absolute Gasteiger partial charge is 0.293 e. The van der Waals surface area contributed by atoms with E-state index in [-0.39, 0.29) is 84.9 Å². The van der Waals surface area contributed by atoms with Gasteiger partial charge in [-0.05, 0) is 106 Å². The van der Waals surface area contributed by atoms with Crippen molar-refractivity contribution in [2.45, 2.75) is 109 Å². The van der Waals surface area contributed by atoms with Crippen LogP contribution in [-0.2, 0) is 32.2 Å². The molecule has 1 aliphatic carbocycles. The highest BCUT2D eigenvalue weighted by molar-refractivity contribution is 6.33. The van der Waals surface area contributed by atoms with Gasteiger partial charge in [-0.25, -0.2) is 9.37 Å². The molecule has 4 amide bonds. The average Bonchev–Trinajstić information content (AvgIpc) is 3.62. The highest BCUT2D eigenvalue weighted by Crippen LogP contribution is 2.39. The first-order valence-electron chi connectivity index (χ1n) is 22.7. The van der Waals surface area contributed by atoms with Crippen LogP contribution in [0.5, 0.6) is 5.75 Å². The number of benzene rings is 2. The minimum Gasteiger partial charge on any atom is -0.478 e. The molecule has 18 heteroatoms. The number of hydrogen-bond donors (Lipinski definition) is 3. The first-order chi connectivity index (χ1) is 31.3. The number of nitrogens with zero attached hydrogens (tertiary/aromatic N) is 6. The molecule has 65 heavy (non-hydrogen) atoms. The minimum atomic E-state index is -0.769. The van der Waals surface area contributed by atoms with Crippen molar-refractivity contribution in [1.82, 2.24) is 35.0 Å². The van der Waals surface area contributed by atoms with E-state index in [9.17, 15) is 24.0 Å². The van der Waals surface area contributed by atoms with E-state index in [0.29, 0.717) is 51.8 Å². The first kappa shape index (κ1) is 44.5. The van der Waals surface area contributed by atoms with Crippen LogP contribution in [0.2, 0.25) is 5.02 Å². The van der Waals surface area contributed by atoms with E-state index in [1.807, 2.05) is 32.0 Å². The maximum Gasteiger partial charge on any atom is 0.293 e. The molecule has 3 saturated heterocycles. The Morgan fingerprint density at radius 1 is 0.985 bits per heavy atom. The summed E-state index contributed by atoms with van der Waals surface area (Å²) in [6, 6.07) is 10.4. The molecule has 0 spiro atoms. The summed E-state index contributed by atoms with van der Waals surface area (Å²) >= 11 is 6.61. The fraction of sp³-hybridized carbons (Fsp3) is 0.511. The van der Waals surface area contributed by atoms with Crippen LogP contribution in [0, 0.1) is 11.7 Å². The Morgan fingerprint density at radius 2 is 1.75 bits per heavy atom. The number of aromatic nitrogens is 3. The lowest BCUT2D eigenvalue weighted by Crippen LogP contribution is -2.52. The molecular weight excluding hydrogens is 857 g/mol. The van der Waals surface area contributed by atoms with Gasteiger partial charge in [-0.3, -0.25) is 29.3 Å². The van der Waals surface area contributed by atoms with Gasteiger partial charge >= 0.3 is 0 Å². The third-order valence-corrected chi connectivity index (χ3v) is 13.9. The van der Waals surface area contributed by atoms with E-state index in [2.05, 4.69) is 30.7 Å². The second-order valence-corrected chi connectivity index (χ2v) is 18.7. The summed E-state index contributed by atoms with van der Waals surface area (Å²) in [6.45, 7) is 7.53. The van der Waals surface area contributed by atoms with Gasteiger partial charge in [0.25, 0.3) is 17.4 Å². The van der Waals surface area contributed by atoms with Gasteiger partial charge in [0.15, 0.2) is 18.2 Å². The van der Waals surface area contributed by atoms with Crippen molar-refractivity contribution in [3.05, 3.63) is 80.5 Å². The van der Waals surface area contributed by atoms with Crippen LogP contribution >= 0.6 is 11.6 Å². The highest BCUT2D eigenvalue weighted by Gasteiger charge is 2.42. The topological polar surface area (TPSA) is 180 Å². The van der Waals surface area contributed by atoms with Crippen LogP contribution in [-0.4, -0.2) is 112 Å². The number of rotatable bonds is 13. The number of carbonyl (C=O) groups is 4. The van der Waals surface area contributed by atoms with Crippen LogP contribution in [0.1, 0.15) is 92.6 Å². The molecule has 1 unspecified atom stereocenters. The number of pyridine rings is 1. The predicted molar refractivity (Wildman–Crippen MR) is 242 cm³/mol. The number of nitrogens with one attached hydrogen (secondary N) is 3. The van der Waals surface area contributed by atoms with Gasteiger partial charge in [0.05, 0.1) is 30.5 Å². The Bertz CT molecular complexity index is 2570. The summed E-state index contributed by atoms with van der Waals surface area (Å²) in [7, 11) is 1.51. The van der Waals surface area contributed by atoms with E-state index in [4.69, 9.17) is 26.1 Å². The van der Waals surface area contributed by atoms with Gasteiger partial charge in [-0.15, -0.1) is 0 Å². The lowest BCUT2D eigenvalue weighted by atomic mass is 9.83. The minimum absolute atomic E-state index is 0.0380. The van der Waals surface area contributed by atoms with E-state index in [1.165, 1.54) is 11.9 Å². The molecule has 16 nitrogen and oxygen atoms in total. The van der Waals surface area contributed by atoms with Crippen molar-refractivity contribution >= 4 is 63.6 Å². The van der Waals surface area contributed by atoms with Crippen molar-refractivity contribution in [2.75, 3.05) is 50.1 Å². The molecule has 5 aliphatic rings. The summed E-state index contributed by atoms with van der Waals surface area (Å²) in [5, 5.41) is 9.27. The number of hydrogen-bond acceptors (Lipinski definition) is 12. The molecule has 4 aliphatic heterocycles. The van der Waals surface area contributed by atoms with Gasteiger partial charge in [0, 0.05) is 61.3 Å².